The van der Waals surface area contributed by atoms with Gasteiger partial charge >= 0.3 is 5.97 Å². The maximum atomic E-state index is 12.9. The second-order valence-corrected chi connectivity index (χ2v) is 3.61. The molecule has 1 aromatic rings. The van der Waals surface area contributed by atoms with Gasteiger partial charge in [0.25, 0.3) is 6.43 Å². The standard InChI is InChI=1S/C11H9ClF2N2O2/c1-2-18-8(17)3-7-6(4-15)5-16-10(12)9(7)11(13)14/h5,11H,2-3H2,1H3. The molecule has 7 heteroatoms. The van der Waals surface area contributed by atoms with Gasteiger partial charge in [-0.3, -0.25) is 4.79 Å². The maximum Gasteiger partial charge on any atom is 0.310 e. The Labute approximate surface area is 107 Å². The lowest BCUT2D eigenvalue weighted by Gasteiger charge is -2.11. The van der Waals surface area contributed by atoms with E-state index in [-0.39, 0.29) is 17.7 Å². The van der Waals surface area contributed by atoms with Crippen molar-refractivity contribution in [3.63, 3.8) is 0 Å². The summed E-state index contributed by atoms with van der Waals surface area (Å²) >= 11 is 5.56. The zero-order valence-electron chi connectivity index (χ0n) is 9.41. The molecular formula is C11H9ClF2N2O2. The Balaban J connectivity index is 3.25. The average Bonchev–Trinajstić information content (AvgIpc) is 2.29. The van der Waals surface area contributed by atoms with Gasteiger partial charge in [0, 0.05) is 6.20 Å². The Kier molecular flexibility index (Phi) is 4.98. The van der Waals surface area contributed by atoms with Crippen LogP contribution in [-0.4, -0.2) is 17.6 Å². The first-order chi connectivity index (χ1) is 8.51. The van der Waals surface area contributed by atoms with Crippen LogP contribution in [0.5, 0.6) is 0 Å². The van der Waals surface area contributed by atoms with Gasteiger partial charge in [0.05, 0.1) is 24.2 Å². The molecule has 0 aliphatic rings. The van der Waals surface area contributed by atoms with Crippen molar-refractivity contribution in [1.82, 2.24) is 4.98 Å². The number of esters is 1. The van der Waals surface area contributed by atoms with Crippen LogP contribution in [0.4, 0.5) is 8.78 Å². The Hall–Kier alpha value is -1.74. The first-order valence-electron chi connectivity index (χ1n) is 5.02. The summed E-state index contributed by atoms with van der Waals surface area (Å²) in [6, 6.07) is 1.70. The fourth-order valence-corrected chi connectivity index (χ4v) is 1.65. The second kappa shape index (κ2) is 6.26. The van der Waals surface area contributed by atoms with Crippen molar-refractivity contribution >= 4 is 17.6 Å². The van der Waals surface area contributed by atoms with E-state index in [0.717, 1.165) is 6.20 Å². The second-order valence-electron chi connectivity index (χ2n) is 3.25. The fourth-order valence-electron chi connectivity index (χ4n) is 1.40. The molecule has 0 fully saturated rings. The van der Waals surface area contributed by atoms with Gasteiger partial charge in [0.2, 0.25) is 0 Å². The summed E-state index contributed by atoms with van der Waals surface area (Å²) in [7, 11) is 0. The normalized spacial score (nSPS) is 10.2. The third-order valence-corrected chi connectivity index (χ3v) is 2.45. The number of hydrogen-bond donors (Lipinski definition) is 0. The summed E-state index contributed by atoms with van der Waals surface area (Å²) in [5.74, 6) is -0.696. The Morgan fingerprint density at radius 2 is 2.33 bits per heavy atom. The van der Waals surface area contributed by atoms with Crippen LogP contribution in [0.15, 0.2) is 6.20 Å². The van der Waals surface area contributed by atoms with E-state index in [2.05, 4.69) is 9.72 Å². The monoisotopic (exact) mass is 274 g/mol. The van der Waals surface area contributed by atoms with E-state index in [1.165, 1.54) is 0 Å². The number of carbonyl (C=O) groups excluding carboxylic acids is 1. The van der Waals surface area contributed by atoms with Gasteiger partial charge < -0.3 is 4.74 Å². The van der Waals surface area contributed by atoms with E-state index in [1.807, 2.05) is 0 Å². The molecule has 0 amide bonds. The lowest BCUT2D eigenvalue weighted by Crippen LogP contribution is -2.12. The topological polar surface area (TPSA) is 63.0 Å². The van der Waals surface area contributed by atoms with Gasteiger partial charge in [0.1, 0.15) is 11.2 Å². The van der Waals surface area contributed by atoms with Crippen molar-refractivity contribution in [2.45, 2.75) is 19.8 Å². The molecular weight excluding hydrogens is 266 g/mol. The molecule has 1 aromatic heterocycles. The highest BCUT2D eigenvalue weighted by molar-refractivity contribution is 6.30. The smallest absolute Gasteiger partial charge is 0.310 e. The lowest BCUT2D eigenvalue weighted by molar-refractivity contribution is -0.142. The van der Waals surface area contributed by atoms with Crippen LogP contribution in [0, 0.1) is 11.3 Å². The van der Waals surface area contributed by atoms with E-state index < -0.39 is 29.5 Å². The molecule has 0 saturated heterocycles. The molecule has 96 valence electrons. The molecule has 0 N–H and O–H groups in total. The predicted molar refractivity (Wildman–Crippen MR) is 59.3 cm³/mol. The zero-order valence-corrected chi connectivity index (χ0v) is 10.2. The van der Waals surface area contributed by atoms with Gasteiger partial charge in [-0.15, -0.1) is 0 Å². The summed E-state index contributed by atoms with van der Waals surface area (Å²) in [5.41, 5.74) is -0.836. The van der Waals surface area contributed by atoms with E-state index in [9.17, 15) is 13.6 Å². The molecule has 0 bridgehead atoms. The van der Waals surface area contributed by atoms with E-state index in [1.54, 1.807) is 13.0 Å². The molecule has 4 nitrogen and oxygen atoms in total. The zero-order chi connectivity index (χ0) is 13.7. The maximum absolute atomic E-state index is 12.9. The number of alkyl halides is 2. The Morgan fingerprint density at radius 3 is 2.83 bits per heavy atom. The summed E-state index contributed by atoms with van der Waals surface area (Å²) in [6.45, 7) is 1.72. The minimum atomic E-state index is -2.91. The van der Waals surface area contributed by atoms with Crippen LogP contribution in [0.3, 0.4) is 0 Å². The quantitative estimate of drug-likeness (QED) is 0.625. The average molecular weight is 275 g/mol. The van der Waals surface area contributed by atoms with Crippen molar-refractivity contribution < 1.29 is 18.3 Å². The molecule has 18 heavy (non-hydrogen) atoms. The highest BCUT2D eigenvalue weighted by Crippen LogP contribution is 2.31. The molecule has 0 unspecified atom stereocenters. The van der Waals surface area contributed by atoms with Crippen molar-refractivity contribution in [3.8, 4) is 6.07 Å². The molecule has 0 spiro atoms. The number of hydrogen-bond acceptors (Lipinski definition) is 4. The minimum absolute atomic E-state index is 0.109. The first kappa shape index (κ1) is 14.3. The van der Waals surface area contributed by atoms with Crippen molar-refractivity contribution in [3.05, 3.63) is 28.0 Å². The summed E-state index contributed by atoms with van der Waals surface area (Å²) in [4.78, 5) is 14.8. The number of halogens is 3. The number of ether oxygens (including phenoxy) is 1. The molecule has 0 radical (unpaired) electrons. The minimum Gasteiger partial charge on any atom is -0.466 e. The number of aromatic nitrogens is 1. The summed E-state index contributed by atoms with van der Waals surface area (Å²) in [6.07, 6.45) is -2.29. The first-order valence-corrected chi connectivity index (χ1v) is 5.40. The molecule has 1 rings (SSSR count). The molecule has 0 aromatic carbocycles. The van der Waals surface area contributed by atoms with Gasteiger partial charge in [-0.25, -0.2) is 13.8 Å². The molecule has 1 heterocycles. The lowest BCUT2D eigenvalue weighted by atomic mass is 10.0. The number of nitriles is 1. The fraction of sp³-hybridized carbons (Fsp3) is 0.364. The van der Waals surface area contributed by atoms with Gasteiger partial charge in [-0.05, 0) is 12.5 Å². The van der Waals surface area contributed by atoms with Crippen LogP contribution < -0.4 is 0 Å². The Bertz CT molecular complexity index is 501. The predicted octanol–water partition coefficient (Wildman–Crippen LogP) is 2.65. The van der Waals surface area contributed by atoms with E-state index >= 15 is 0 Å². The molecule has 0 atom stereocenters. The van der Waals surface area contributed by atoms with E-state index in [0.29, 0.717) is 0 Å². The van der Waals surface area contributed by atoms with Gasteiger partial charge in [-0.2, -0.15) is 5.26 Å². The van der Waals surface area contributed by atoms with E-state index in [4.69, 9.17) is 16.9 Å². The number of nitrogens with zero attached hydrogens (tertiary/aromatic N) is 2. The van der Waals surface area contributed by atoms with Crippen LogP contribution >= 0.6 is 11.6 Å². The van der Waals surface area contributed by atoms with Crippen LogP contribution in [0.25, 0.3) is 0 Å². The third-order valence-electron chi connectivity index (χ3n) is 2.14. The van der Waals surface area contributed by atoms with Crippen LogP contribution in [-0.2, 0) is 16.0 Å². The van der Waals surface area contributed by atoms with Gasteiger partial charge in [-0.1, -0.05) is 11.6 Å². The van der Waals surface area contributed by atoms with Crippen molar-refractivity contribution in [1.29, 1.82) is 5.26 Å². The van der Waals surface area contributed by atoms with Crippen molar-refractivity contribution in [2.24, 2.45) is 0 Å². The SMILES string of the molecule is CCOC(=O)Cc1c(C#N)cnc(Cl)c1C(F)F. The molecule has 0 saturated carbocycles. The number of pyridine rings is 1. The largest absolute Gasteiger partial charge is 0.466 e. The summed E-state index contributed by atoms with van der Waals surface area (Å²) < 4.78 is 30.4. The summed E-state index contributed by atoms with van der Waals surface area (Å²) in [5, 5.41) is 8.41. The van der Waals surface area contributed by atoms with Crippen LogP contribution in [0.2, 0.25) is 5.15 Å². The number of rotatable bonds is 4. The number of carbonyl (C=O) groups is 1. The highest BCUT2D eigenvalue weighted by Gasteiger charge is 2.23. The van der Waals surface area contributed by atoms with Crippen molar-refractivity contribution in [2.75, 3.05) is 6.61 Å². The van der Waals surface area contributed by atoms with Gasteiger partial charge in [0.15, 0.2) is 0 Å². The highest BCUT2D eigenvalue weighted by atomic mass is 35.5. The third kappa shape index (κ3) is 3.14. The molecule has 0 aliphatic carbocycles. The van der Waals surface area contributed by atoms with Crippen LogP contribution in [0.1, 0.15) is 30.0 Å². The molecule has 0 aliphatic heterocycles. The Morgan fingerprint density at radius 1 is 1.67 bits per heavy atom.